The summed E-state index contributed by atoms with van der Waals surface area (Å²) in [5, 5.41) is 19.8. The lowest BCUT2D eigenvalue weighted by atomic mass is 10.1. The van der Waals surface area contributed by atoms with E-state index in [9.17, 15) is 9.50 Å². The normalized spacial score (nSPS) is 11.3. The summed E-state index contributed by atoms with van der Waals surface area (Å²) in [7, 11) is 1.90. The van der Waals surface area contributed by atoms with Gasteiger partial charge in [0.1, 0.15) is 29.4 Å². The number of hydrogen-bond acceptors (Lipinski definition) is 6. The van der Waals surface area contributed by atoms with Crippen molar-refractivity contribution in [1.82, 2.24) is 29.5 Å². The number of phenolic OH excluding ortho intramolecular Hbond substituents is 1. The summed E-state index contributed by atoms with van der Waals surface area (Å²) < 4.78 is 17.5. The third-order valence-corrected chi connectivity index (χ3v) is 5.53. The molecular formula is C23H20FN7O. The van der Waals surface area contributed by atoms with Crippen molar-refractivity contribution < 1.29 is 9.50 Å². The van der Waals surface area contributed by atoms with Crippen molar-refractivity contribution in [1.29, 1.82) is 0 Å². The highest BCUT2D eigenvalue weighted by atomic mass is 19.1. The van der Waals surface area contributed by atoms with Crippen LogP contribution >= 0.6 is 0 Å². The first-order chi connectivity index (χ1) is 15.4. The van der Waals surface area contributed by atoms with Gasteiger partial charge in [0.15, 0.2) is 5.65 Å². The fourth-order valence-electron chi connectivity index (χ4n) is 3.87. The first kappa shape index (κ1) is 19.7. The molecule has 5 aromatic rings. The minimum absolute atomic E-state index is 0.201. The molecule has 3 aromatic heterocycles. The molecule has 8 nitrogen and oxygen atoms in total. The lowest BCUT2D eigenvalue weighted by Gasteiger charge is -2.06. The van der Waals surface area contributed by atoms with E-state index in [2.05, 4.69) is 9.97 Å². The van der Waals surface area contributed by atoms with Gasteiger partial charge in [-0.3, -0.25) is 4.68 Å². The minimum Gasteiger partial charge on any atom is -0.508 e. The predicted molar refractivity (Wildman–Crippen MR) is 119 cm³/mol. The number of hydrogen-bond donors (Lipinski definition) is 2. The Bertz CT molecular complexity index is 1440. The van der Waals surface area contributed by atoms with Crippen molar-refractivity contribution in [3.8, 4) is 28.3 Å². The Kier molecular flexibility index (Phi) is 4.58. The van der Waals surface area contributed by atoms with Crippen LogP contribution in [0.15, 0.2) is 54.9 Å². The van der Waals surface area contributed by atoms with Crippen molar-refractivity contribution >= 4 is 16.9 Å². The van der Waals surface area contributed by atoms with Crippen molar-refractivity contribution in [2.75, 3.05) is 5.73 Å². The van der Waals surface area contributed by atoms with Crippen molar-refractivity contribution in [2.45, 2.75) is 13.5 Å². The highest BCUT2D eigenvalue weighted by Crippen LogP contribution is 2.33. The third-order valence-electron chi connectivity index (χ3n) is 5.53. The first-order valence-corrected chi connectivity index (χ1v) is 9.97. The number of anilines is 1. The molecule has 0 spiro atoms. The van der Waals surface area contributed by atoms with Crippen LogP contribution in [-0.4, -0.2) is 34.6 Å². The van der Waals surface area contributed by atoms with Gasteiger partial charge in [-0.2, -0.15) is 10.2 Å². The molecule has 0 bridgehead atoms. The monoisotopic (exact) mass is 429 g/mol. The van der Waals surface area contributed by atoms with E-state index in [1.807, 2.05) is 49.0 Å². The second-order valence-electron chi connectivity index (χ2n) is 7.56. The van der Waals surface area contributed by atoms with E-state index in [4.69, 9.17) is 15.9 Å². The number of aryl methyl sites for hydroxylation is 1. The van der Waals surface area contributed by atoms with Gasteiger partial charge in [0.05, 0.1) is 17.6 Å². The minimum atomic E-state index is -0.576. The number of nitrogens with two attached hydrogens (primary N) is 1. The number of nitrogen functional groups attached to an aromatic ring is 1. The summed E-state index contributed by atoms with van der Waals surface area (Å²) in [6, 6.07) is 13.7. The van der Waals surface area contributed by atoms with Gasteiger partial charge in [-0.1, -0.05) is 30.3 Å². The van der Waals surface area contributed by atoms with Gasteiger partial charge in [-0.25, -0.2) is 19.0 Å². The average Bonchev–Trinajstić information content (AvgIpc) is 3.28. The number of benzene rings is 2. The molecule has 0 fully saturated rings. The molecule has 2 aromatic carbocycles. The smallest absolute Gasteiger partial charge is 0.164 e. The number of phenols is 1. The van der Waals surface area contributed by atoms with E-state index in [0.29, 0.717) is 28.8 Å². The quantitative estimate of drug-likeness (QED) is 0.451. The van der Waals surface area contributed by atoms with Gasteiger partial charge in [0.2, 0.25) is 0 Å². The van der Waals surface area contributed by atoms with E-state index < -0.39 is 5.82 Å². The summed E-state index contributed by atoms with van der Waals surface area (Å²) in [6.45, 7) is 2.37. The number of halogens is 1. The topological polar surface area (TPSA) is 108 Å². The summed E-state index contributed by atoms with van der Waals surface area (Å²) >= 11 is 0. The van der Waals surface area contributed by atoms with Crippen molar-refractivity contribution in [2.24, 2.45) is 7.05 Å². The zero-order valence-corrected chi connectivity index (χ0v) is 17.5. The van der Waals surface area contributed by atoms with E-state index in [1.165, 1.54) is 18.5 Å². The average molecular weight is 429 g/mol. The number of aromatic nitrogens is 6. The number of aromatic hydroxyl groups is 1. The molecule has 9 heteroatoms. The molecule has 32 heavy (non-hydrogen) atoms. The number of rotatable bonds is 4. The Morgan fingerprint density at radius 2 is 1.78 bits per heavy atom. The zero-order chi connectivity index (χ0) is 22.4. The molecule has 160 valence electrons. The maximum atomic E-state index is 14.0. The van der Waals surface area contributed by atoms with Gasteiger partial charge in [-0.15, -0.1) is 0 Å². The van der Waals surface area contributed by atoms with Crippen LogP contribution in [0.4, 0.5) is 10.2 Å². The van der Waals surface area contributed by atoms with Gasteiger partial charge >= 0.3 is 0 Å². The Morgan fingerprint density at radius 3 is 2.53 bits per heavy atom. The van der Waals surface area contributed by atoms with Gasteiger partial charge in [0, 0.05) is 35.5 Å². The Labute approximate surface area is 182 Å². The van der Waals surface area contributed by atoms with Gasteiger partial charge in [-0.05, 0) is 19.1 Å². The fourth-order valence-corrected chi connectivity index (χ4v) is 3.87. The van der Waals surface area contributed by atoms with Crippen LogP contribution in [0, 0.1) is 12.7 Å². The van der Waals surface area contributed by atoms with E-state index >= 15 is 0 Å². The highest BCUT2D eigenvalue weighted by Gasteiger charge is 2.21. The molecule has 0 aliphatic rings. The Hall–Kier alpha value is -4.27. The standard InChI is InChI=1S/C23H20FN7O/c1-13-18(20(28-30(13)2)14-6-4-3-5-7-14)11-31-23-19(22(25)26-12-27-23)21(29-31)15-8-16(24)10-17(32)9-15/h3-10,12,32H,11H2,1-2H3,(H2,25,26,27). The van der Waals surface area contributed by atoms with E-state index in [-0.39, 0.29) is 11.6 Å². The molecule has 3 heterocycles. The first-order valence-electron chi connectivity index (χ1n) is 9.97. The molecule has 0 unspecified atom stereocenters. The van der Waals surface area contributed by atoms with Crippen molar-refractivity contribution in [3.05, 3.63) is 71.9 Å². The molecule has 0 radical (unpaired) electrons. The van der Waals surface area contributed by atoms with Crippen LogP contribution in [0.1, 0.15) is 11.3 Å². The van der Waals surface area contributed by atoms with Crippen molar-refractivity contribution in [3.63, 3.8) is 0 Å². The van der Waals surface area contributed by atoms with Crippen LogP contribution in [0.25, 0.3) is 33.5 Å². The summed E-state index contributed by atoms with van der Waals surface area (Å²) in [5.74, 6) is -0.550. The molecule has 0 amide bonds. The molecule has 0 saturated carbocycles. The summed E-state index contributed by atoms with van der Waals surface area (Å²) in [4.78, 5) is 8.48. The van der Waals surface area contributed by atoms with Gasteiger partial charge in [0.25, 0.3) is 0 Å². The van der Waals surface area contributed by atoms with Crippen LogP contribution in [0.5, 0.6) is 5.75 Å². The van der Waals surface area contributed by atoms with Gasteiger partial charge < -0.3 is 10.8 Å². The summed E-state index contributed by atoms with van der Waals surface area (Å²) in [5.41, 5.74) is 11.3. The lowest BCUT2D eigenvalue weighted by molar-refractivity contribution is 0.469. The maximum absolute atomic E-state index is 14.0. The fraction of sp³-hybridized carbons (Fsp3) is 0.130. The van der Waals surface area contributed by atoms with E-state index in [1.54, 1.807) is 4.68 Å². The largest absolute Gasteiger partial charge is 0.508 e. The van der Waals surface area contributed by atoms with Crippen LogP contribution < -0.4 is 5.73 Å². The maximum Gasteiger partial charge on any atom is 0.164 e. The SMILES string of the molecule is Cc1c(Cn2nc(-c3cc(O)cc(F)c3)c3c(N)ncnc32)c(-c2ccccc2)nn1C. The molecule has 3 N–H and O–H groups in total. The Balaban J connectivity index is 1.70. The Morgan fingerprint density at radius 1 is 1.00 bits per heavy atom. The number of fused-ring (bicyclic) bond motifs is 1. The van der Waals surface area contributed by atoms with E-state index in [0.717, 1.165) is 28.6 Å². The second-order valence-corrected chi connectivity index (χ2v) is 7.56. The molecule has 0 saturated heterocycles. The number of nitrogens with zero attached hydrogens (tertiary/aromatic N) is 6. The van der Waals surface area contributed by atoms with Crippen LogP contribution in [0.3, 0.4) is 0 Å². The predicted octanol–water partition coefficient (Wildman–Crippen LogP) is 3.68. The third kappa shape index (κ3) is 3.24. The second kappa shape index (κ2) is 7.45. The molecular weight excluding hydrogens is 409 g/mol. The molecule has 0 aliphatic carbocycles. The van der Waals surface area contributed by atoms with Crippen LogP contribution in [-0.2, 0) is 13.6 Å². The van der Waals surface area contributed by atoms with Crippen LogP contribution in [0.2, 0.25) is 0 Å². The zero-order valence-electron chi connectivity index (χ0n) is 17.5. The molecule has 0 atom stereocenters. The summed E-state index contributed by atoms with van der Waals surface area (Å²) in [6.07, 6.45) is 1.37. The highest BCUT2D eigenvalue weighted by molar-refractivity contribution is 5.98. The lowest BCUT2D eigenvalue weighted by Crippen LogP contribution is -2.05. The molecule has 5 rings (SSSR count). The molecule has 0 aliphatic heterocycles.